The first-order chi connectivity index (χ1) is 6.91. The minimum atomic E-state index is -3.97. The molecule has 2 aromatic rings. The van der Waals surface area contributed by atoms with Crippen molar-refractivity contribution in [3.63, 3.8) is 0 Å². The van der Waals surface area contributed by atoms with Crippen molar-refractivity contribution in [2.24, 2.45) is 7.05 Å². The molecule has 0 amide bonds. The van der Waals surface area contributed by atoms with Gasteiger partial charge in [0.2, 0.25) is 0 Å². The maximum Gasteiger partial charge on any atom is 0.334 e. The van der Waals surface area contributed by atoms with Crippen LogP contribution in [0.5, 0.6) is 0 Å². The quantitative estimate of drug-likeness (QED) is 0.663. The first-order valence-corrected chi connectivity index (χ1v) is 6.20. The molecule has 80 valence electrons. The number of halogens is 1. The van der Waals surface area contributed by atoms with Crippen molar-refractivity contribution >= 4 is 25.4 Å². The molecule has 0 N–H and O–H groups in total. The van der Waals surface area contributed by atoms with Crippen molar-refractivity contribution < 1.29 is 8.42 Å². The van der Waals surface area contributed by atoms with Crippen LogP contribution in [0.1, 0.15) is 0 Å². The standard InChI is InChI=1S/C7H6ClN3O3S/c1-10-3-2-5-9-4-6(15(8,13)14)11(5)7(10)12/h2-4H,1H3. The molecule has 0 saturated heterocycles. The van der Waals surface area contributed by atoms with E-state index in [4.69, 9.17) is 10.7 Å². The van der Waals surface area contributed by atoms with Crippen LogP contribution >= 0.6 is 10.7 Å². The lowest BCUT2D eigenvalue weighted by Gasteiger charge is -1.99. The molecule has 0 unspecified atom stereocenters. The Morgan fingerprint density at radius 2 is 2.13 bits per heavy atom. The topological polar surface area (TPSA) is 73.4 Å². The van der Waals surface area contributed by atoms with Crippen LogP contribution in [0.4, 0.5) is 0 Å². The SMILES string of the molecule is Cn1ccc2ncc(S(=O)(=O)Cl)n2c1=O. The Balaban J connectivity index is 3.04. The summed E-state index contributed by atoms with van der Waals surface area (Å²) in [5.41, 5.74) is -0.262. The predicted molar refractivity (Wildman–Crippen MR) is 53.5 cm³/mol. The van der Waals surface area contributed by atoms with Gasteiger partial charge in [-0.2, -0.15) is 0 Å². The van der Waals surface area contributed by atoms with Crippen molar-refractivity contribution in [2.45, 2.75) is 5.03 Å². The Morgan fingerprint density at radius 1 is 1.47 bits per heavy atom. The normalized spacial score (nSPS) is 12.1. The third-order valence-corrected chi connectivity index (χ3v) is 3.21. The Kier molecular flexibility index (Phi) is 2.09. The van der Waals surface area contributed by atoms with Gasteiger partial charge in [0.15, 0.2) is 5.03 Å². The van der Waals surface area contributed by atoms with Gasteiger partial charge in [-0.05, 0) is 6.07 Å². The summed E-state index contributed by atoms with van der Waals surface area (Å²) in [5.74, 6) is 0. The number of imidazole rings is 1. The average Bonchev–Trinajstić information content (AvgIpc) is 2.54. The highest BCUT2D eigenvalue weighted by Gasteiger charge is 2.18. The summed E-state index contributed by atoms with van der Waals surface area (Å²) in [4.78, 5) is 15.4. The van der Waals surface area contributed by atoms with Gasteiger partial charge in [-0.25, -0.2) is 22.6 Å². The van der Waals surface area contributed by atoms with Gasteiger partial charge in [-0.3, -0.25) is 0 Å². The first kappa shape index (κ1) is 10.2. The summed E-state index contributed by atoms with van der Waals surface area (Å²) in [6.45, 7) is 0. The molecule has 0 atom stereocenters. The zero-order valence-electron chi connectivity index (χ0n) is 7.58. The lowest BCUT2D eigenvalue weighted by molar-refractivity contribution is 0.602. The number of fused-ring (bicyclic) bond motifs is 1. The second kappa shape index (κ2) is 3.07. The van der Waals surface area contributed by atoms with E-state index in [1.807, 2.05) is 0 Å². The predicted octanol–water partition coefficient (Wildman–Crippen LogP) is -0.0395. The van der Waals surface area contributed by atoms with E-state index in [1.165, 1.54) is 23.9 Å². The molecule has 0 radical (unpaired) electrons. The second-order valence-corrected chi connectivity index (χ2v) is 5.45. The fraction of sp³-hybridized carbons (Fsp3) is 0.143. The van der Waals surface area contributed by atoms with Crippen LogP contribution in [0.15, 0.2) is 28.3 Å². The van der Waals surface area contributed by atoms with Crippen LogP contribution in [-0.4, -0.2) is 22.4 Å². The Bertz CT molecular complexity index is 685. The summed E-state index contributed by atoms with van der Waals surface area (Å²) in [6, 6.07) is 1.52. The van der Waals surface area contributed by atoms with Gasteiger partial charge < -0.3 is 4.57 Å². The van der Waals surface area contributed by atoms with Gasteiger partial charge in [0.05, 0.1) is 6.20 Å². The van der Waals surface area contributed by atoms with E-state index in [-0.39, 0.29) is 10.7 Å². The highest BCUT2D eigenvalue weighted by Crippen LogP contribution is 2.14. The van der Waals surface area contributed by atoms with Gasteiger partial charge in [0, 0.05) is 23.9 Å². The zero-order chi connectivity index (χ0) is 11.2. The van der Waals surface area contributed by atoms with Crippen LogP contribution in [0.3, 0.4) is 0 Å². The summed E-state index contributed by atoms with van der Waals surface area (Å²) < 4.78 is 24.4. The van der Waals surface area contributed by atoms with E-state index < -0.39 is 14.7 Å². The minimum Gasteiger partial charge on any atom is -0.303 e. The molecule has 0 bridgehead atoms. The van der Waals surface area contributed by atoms with Gasteiger partial charge in [-0.1, -0.05) is 0 Å². The molecule has 6 nitrogen and oxygen atoms in total. The van der Waals surface area contributed by atoms with Gasteiger partial charge >= 0.3 is 5.69 Å². The molecule has 0 aromatic carbocycles. The van der Waals surface area contributed by atoms with E-state index in [1.54, 1.807) is 0 Å². The molecule has 0 saturated carbocycles. The van der Waals surface area contributed by atoms with Gasteiger partial charge in [0.1, 0.15) is 5.65 Å². The molecule has 0 aliphatic heterocycles. The summed E-state index contributed by atoms with van der Waals surface area (Å²) >= 11 is 0. The van der Waals surface area contributed by atoms with Crippen LogP contribution < -0.4 is 5.69 Å². The number of hydrogen-bond acceptors (Lipinski definition) is 4. The van der Waals surface area contributed by atoms with E-state index in [9.17, 15) is 13.2 Å². The molecular weight excluding hydrogens is 242 g/mol. The third kappa shape index (κ3) is 1.53. The fourth-order valence-electron chi connectivity index (χ4n) is 1.23. The molecule has 2 rings (SSSR count). The lowest BCUT2D eigenvalue weighted by atomic mass is 10.6. The lowest BCUT2D eigenvalue weighted by Crippen LogP contribution is -2.24. The molecule has 8 heteroatoms. The van der Waals surface area contributed by atoms with E-state index in [0.29, 0.717) is 0 Å². The van der Waals surface area contributed by atoms with Crippen molar-refractivity contribution in [1.29, 1.82) is 0 Å². The largest absolute Gasteiger partial charge is 0.334 e. The third-order valence-electron chi connectivity index (χ3n) is 1.95. The van der Waals surface area contributed by atoms with Crippen molar-refractivity contribution in [3.8, 4) is 0 Å². The maximum atomic E-state index is 11.6. The number of hydrogen-bond donors (Lipinski definition) is 0. The zero-order valence-corrected chi connectivity index (χ0v) is 9.16. The molecule has 2 aromatic heterocycles. The molecule has 15 heavy (non-hydrogen) atoms. The van der Waals surface area contributed by atoms with Crippen molar-refractivity contribution in [3.05, 3.63) is 28.9 Å². The van der Waals surface area contributed by atoms with E-state index >= 15 is 0 Å². The monoisotopic (exact) mass is 247 g/mol. The smallest absolute Gasteiger partial charge is 0.303 e. The average molecular weight is 248 g/mol. The fourth-order valence-corrected chi connectivity index (χ4v) is 2.13. The second-order valence-electron chi connectivity index (χ2n) is 2.94. The first-order valence-electron chi connectivity index (χ1n) is 3.89. The van der Waals surface area contributed by atoms with Gasteiger partial charge in [-0.15, -0.1) is 0 Å². The maximum absolute atomic E-state index is 11.6. The van der Waals surface area contributed by atoms with E-state index in [0.717, 1.165) is 10.6 Å². The number of aryl methyl sites for hydroxylation is 1. The van der Waals surface area contributed by atoms with E-state index in [2.05, 4.69) is 4.98 Å². The van der Waals surface area contributed by atoms with Crippen molar-refractivity contribution in [2.75, 3.05) is 0 Å². The molecule has 2 heterocycles. The molecule has 0 fully saturated rings. The number of nitrogens with zero attached hydrogens (tertiary/aromatic N) is 3. The molecular formula is C7H6ClN3O3S. The number of rotatable bonds is 1. The summed E-state index contributed by atoms with van der Waals surface area (Å²) in [6.07, 6.45) is 2.55. The molecule has 0 aliphatic carbocycles. The minimum absolute atomic E-state index is 0.248. The Labute approximate surface area is 89.2 Å². The number of aromatic nitrogens is 3. The van der Waals surface area contributed by atoms with Crippen LogP contribution in [0.25, 0.3) is 5.65 Å². The highest BCUT2D eigenvalue weighted by molar-refractivity contribution is 8.13. The van der Waals surface area contributed by atoms with Gasteiger partial charge in [0.25, 0.3) is 9.05 Å². The van der Waals surface area contributed by atoms with Crippen LogP contribution in [-0.2, 0) is 16.1 Å². The molecule has 0 aliphatic rings. The molecule has 0 spiro atoms. The van der Waals surface area contributed by atoms with Crippen molar-refractivity contribution in [1.82, 2.24) is 14.0 Å². The highest BCUT2D eigenvalue weighted by atomic mass is 35.7. The Hall–Kier alpha value is -1.34. The van der Waals surface area contributed by atoms with Crippen LogP contribution in [0, 0.1) is 0 Å². The Morgan fingerprint density at radius 3 is 2.73 bits per heavy atom. The van der Waals surface area contributed by atoms with Crippen LogP contribution in [0.2, 0.25) is 0 Å². The summed E-state index contributed by atoms with van der Waals surface area (Å²) in [5, 5.41) is -0.319. The summed E-state index contributed by atoms with van der Waals surface area (Å²) in [7, 11) is 2.71.